The quantitative estimate of drug-likeness (QED) is 0.821. The molecule has 94 valence electrons. The fraction of sp³-hybridized carbons (Fsp3) is 0.727. The van der Waals surface area contributed by atoms with Gasteiger partial charge in [0.15, 0.2) is 5.69 Å². The molecule has 6 heteroatoms. The molecule has 1 amide bonds. The number of carbonyl (C=O) groups is 1. The Morgan fingerprint density at radius 3 is 2.59 bits per heavy atom. The number of H-pyrrole nitrogens is 1. The summed E-state index contributed by atoms with van der Waals surface area (Å²) in [5.41, 5.74) is 0.523. The van der Waals surface area contributed by atoms with Gasteiger partial charge in [0.25, 0.3) is 5.91 Å². The number of nitrogens with one attached hydrogen (secondary N) is 1. The number of nitrogens with zero attached hydrogens (tertiary/aromatic N) is 4. The van der Waals surface area contributed by atoms with Crippen LogP contribution in [0.15, 0.2) is 6.20 Å². The van der Waals surface area contributed by atoms with Gasteiger partial charge in [-0.2, -0.15) is 15.4 Å². The summed E-state index contributed by atoms with van der Waals surface area (Å²) in [4.78, 5) is 16.0. The van der Waals surface area contributed by atoms with Crippen LogP contribution in [0.5, 0.6) is 0 Å². The van der Waals surface area contributed by atoms with E-state index in [1.54, 1.807) is 4.90 Å². The first-order valence-corrected chi connectivity index (χ1v) is 5.84. The fourth-order valence-corrected chi connectivity index (χ4v) is 2.35. The average molecular weight is 237 g/mol. The van der Waals surface area contributed by atoms with E-state index in [0.717, 1.165) is 19.4 Å². The Morgan fingerprint density at radius 2 is 2.18 bits per heavy atom. The lowest BCUT2D eigenvalue weighted by atomic mass is 9.75. The molecule has 17 heavy (non-hydrogen) atoms. The van der Waals surface area contributed by atoms with Gasteiger partial charge >= 0.3 is 0 Å². The van der Waals surface area contributed by atoms with Gasteiger partial charge in [-0.1, -0.05) is 0 Å². The highest BCUT2D eigenvalue weighted by Gasteiger charge is 2.40. The number of aromatic amines is 1. The van der Waals surface area contributed by atoms with E-state index in [0.29, 0.717) is 5.69 Å². The van der Waals surface area contributed by atoms with E-state index in [2.05, 4.69) is 34.4 Å². The third-order valence-electron chi connectivity index (χ3n) is 3.75. The first-order valence-electron chi connectivity index (χ1n) is 5.84. The molecule has 0 unspecified atom stereocenters. The van der Waals surface area contributed by atoms with Crippen LogP contribution in [0.2, 0.25) is 0 Å². The van der Waals surface area contributed by atoms with E-state index in [1.165, 1.54) is 12.6 Å². The van der Waals surface area contributed by atoms with Gasteiger partial charge in [0, 0.05) is 19.1 Å². The summed E-state index contributed by atoms with van der Waals surface area (Å²) in [5, 5.41) is 9.93. The van der Waals surface area contributed by atoms with E-state index in [1.807, 2.05) is 7.05 Å². The van der Waals surface area contributed by atoms with Gasteiger partial charge in [0.05, 0.1) is 6.20 Å². The second-order valence-corrected chi connectivity index (χ2v) is 4.99. The summed E-state index contributed by atoms with van der Waals surface area (Å²) in [6.45, 7) is 0.742. The van der Waals surface area contributed by atoms with Gasteiger partial charge in [-0.3, -0.25) is 4.79 Å². The second-order valence-electron chi connectivity index (χ2n) is 4.99. The van der Waals surface area contributed by atoms with Crippen LogP contribution >= 0.6 is 0 Å². The van der Waals surface area contributed by atoms with Crippen molar-refractivity contribution in [3.8, 4) is 0 Å². The third kappa shape index (κ3) is 2.17. The van der Waals surface area contributed by atoms with E-state index < -0.39 is 0 Å². The number of hydrogen-bond donors (Lipinski definition) is 1. The molecule has 0 radical (unpaired) electrons. The van der Waals surface area contributed by atoms with Crippen molar-refractivity contribution >= 4 is 5.91 Å². The molecule has 1 aromatic rings. The summed E-state index contributed by atoms with van der Waals surface area (Å²) in [7, 11) is 5.97. The van der Waals surface area contributed by atoms with Crippen LogP contribution in [0.4, 0.5) is 0 Å². The van der Waals surface area contributed by atoms with E-state index in [4.69, 9.17) is 0 Å². The second kappa shape index (κ2) is 4.44. The third-order valence-corrected chi connectivity index (χ3v) is 3.75. The van der Waals surface area contributed by atoms with Crippen molar-refractivity contribution in [3.63, 3.8) is 0 Å². The lowest BCUT2D eigenvalue weighted by Gasteiger charge is -2.49. The molecular formula is C11H19N5O. The van der Waals surface area contributed by atoms with Gasteiger partial charge in [0.2, 0.25) is 0 Å². The van der Waals surface area contributed by atoms with Crippen molar-refractivity contribution < 1.29 is 4.79 Å². The van der Waals surface area contributed by atoms with Gasteiger partial charge < -0.3 is 9.80 Å². The molecule has 0 saturated heterocycles. The van der Waals surface area contributed by atoms with E-state index >= 15 is 0 Å². The highest BCUT2D eigenvalue weighted by Crippen LogP contribution is 2.36. The van der Waals surface area contributed by atoms with Crippen molar-refractivity contribution in [2.24, 2.45) is 0 Å². The Bertz CT molecular complexity index is 383. The zero-order chi connectivity index (χ0) is 12.5. The van der Waals surface area contributed by atoms with Crippen LogP contribution in [0.3, 0.4) is 0 Å². The topological polar surface area (TPSA) is 65.1 Å². The van der Waals surface area contributed by atoms with Crippen molar-refractivity contribution in [1.29, 1.82) is 0 Å². The number of aromatic nitrogens is 3. The predicted octanol–water partition coefficient (Wildman–Crippen LogP) is 0.361. The molecular weight excluding hydrogens is 218 g/mol. The van der Waals surface area contributed by atoms with Crippen LogP contribution in [-0.2, 0) is 0 Å². The maximum atomic E-state index is 12.0. The van der Waals surface area contributed by atoms with Crippen LogP contribution in [0.25, 0.3) is 0 Å². The number of hydrogen-bond acceptors (Lipinski definition) is 4. The monoisotopic (exact) mass is 237 g/mol. The Morgan fingerprint density at radius 1 is 1.47 bits per heavy atom. The first kappa shape index (κ1) is 12.0. The predicted molar refractivity (Wildman–Crippen MR) is 63.6 cm³/mol. The van der Waals surface area contributed by atoms with Crippen LogP contribution in [0.1, 0.15) is 29.8 Å². The Hall–Kier alpha value is -1.43. The summed E-state index contributed by atoms with van der Waals surface area (Å²) in [6.07, 6.45) is 5.00. The normalized spacial score (nSPS) is 17.9. The highest BCUT2D eigenvalue weighted by molar-refractivity contribution is 5.91. The zero-order valence-electron chi connectivity index (χ0n) is 10.6. The molecule has 1 saturated carbocycles. The summed E-state index contributed by atoms with van der Waals surface area (Å²) >= 11 is 0. The number of likely N-dealkylation sites (N-methyl/N-ethyl adjacent to an activating group) is 2. The molecule has 6 nitrogen and oxygen atoms in total. The molecule has 0 bridgehead atoms. The molecule has 1 N–H and O–H groups in total. The maximum Gasteiger partial charge on any atom is 0.275 e. The molecule has 0 aliphatic heterocycles. The Kier molecular flexibility index (Phi) is 3.15. The van der Waals surface area contributed by atoms with Gasteiger partial charge in [-0.15, -0.1) is 0 Å². The van der Waals surface area contributed by atoms with Gasteiger partial charge in [-0.25, -0.2) is 0 Å². The summed E-state index contributed by atoms with van der Waals surface area (Å²) < 4.78 is 0. The molecule has 2 rings (SSSR count). The molecule has 1 aliphatic rings. The van der Waals surface area contributed by atoms with Crippen LogP contribution in [-0.4, -0.2) is 64.3 Å². The lowest BCUT2D eigenvalue weighted by molar-refractivity contribution is 0.0250. The van der Waals surface area contributed by atoms with Crippen LogP contribution < -0.4 is 0 Å². The van der Waals surface area contributed by atoms with Gasteiger partial charge in [0.1, 0.15) is 0 Å². The Balaban J connectivity index is 2.01. The molecule has 1 fully saturated rings. The number of rotatable bonds is 4. The van der Waals surface area contributed by atoms with Crippen molar-refractivity contribution in [2.45, 2.75) is 24.8 Å². The SMILES string of the molecule is CN(CC1(N(C)C)CCC1)C(=O)c1cn[nH]n1. The van der Waals surface area contributed by atoms with Crippen molar-refractivity contribution in [3.05, 3.63) is 11.9 Å². The molecule has 1 aliphatic carbocycles. The molecule has 0 aromatic carbocycles. The Labute approximate surface area is 101 Å². The number of amides is 1. The van der Waals surface area contributed by atoms with Gasteiger partial charge in [-0.05, 0) is 33.4 Å². The minimum atomic E-state index is -0.0770. The van der Waals surface area contributed by atoms with E-state index in [9.17, 15) is 4.79 Å². The standard InChI is InChI=1S/C11H19N5O/c1-15(2)11(5-4-6-11)8-16(3)10(17)9-7-12-14-13-9/h7H,4-6,8H2,1-3H3,(H,12,13,14). The largest absolute Gasteiger partial charge is 0.338 e. The maximum absolute atomic E-state index is 12.0. The summed E-state index contributed by atoms with van der Waals surface area (Å²) in [6, 6.07) is 0. The molecule has 0 spiro atoms. The zero-order valence-corrected chi connectivity index (χ0v) is 10.6. The number of carbonyl (C=O) groups excluding carboxylic acids is 1. The smallest absolute Gasteiger partial charge is 0.275 e. The lowest BCUT2D eigenvalue weighted by Crippen LogP contribution is -2.57. The minimum Gasteiger partial charge on any atom is -0.338 e. The fourth-order valence-electron chi connectivity index (χ4n) is 2.35. The van der Waals surface area contributed by atoms with Crippen LogP contribution in [0, 0.1) is 0 Å². The minimum absolute atomic E-state index is 0.0770. The summed E-state index contributed by atoms with van der Waals surface area (Å²) in [5.74, 6) is -0.0770. The first-order chi connectivity index (χ1) is 8.05. The van der Waals surface area contributed by atoms with Crippen molar-refractivity contribution in [2.75, 3.05) is 27.7 Å². The molecule has 1 heterocycles. The molecule has 0 atom stereocenters. The average Bonchev–Trinajstić information content (AvgIpc) is 2.74. The van der Waals surface area contributed by atoms with E-state index in [-0.39, 0.29) is 11.4 Å². The highest BCUT2D eigenvalue weighted by atomic mass is 16.2. The molecule has 1 aromatic heterocycles. The van der Waals surface area contributed by atoms with Crippen molar-refractivity contribution in [1.82, 2.24) is 25.2 Å².